The Morgan fingerprint density at radius 3 is 2.46 bits per heavy atom. The van der Waals surface area contributed by atoms with Crippen LogP contribution >= 0.6 is 0 Å². The molecular formula is C23H27N5. The van der Waals surface area contributed by atoms with E-state index in [1.54, 1.807) is 0 Å². The number of rotatable bonds is 6. The molecule has 0 aliphatic carbocycles. The van der Waals surface area contributed by atoms with E-state index < -0.39 is 0 Å². The second kappa shape index (κ2) is 9.12. The van der Waals surface area contributed by atoms with Gasteiger partial charge < -0.3 is 16.0 Å². The predicted molar refractivity (Wildman–Crippen MR) is 117 cm³/mol. The number of aromatic nitrogens is 2. The summed E-state index contributed by atoms with van der Waals surface area (Å²) < 4.78 is 0. The Morgan fingerprint density at radius 2 is 1.79 bits per heavy atom. The van der Waals surface area contributed by atoms with Crippen molar-refractivity contribution in [3.05, 3.63) is 65.4 Å². The third-order valence-electron chi connectivity index (χ3n) is 4.53. The van der Waals surface area contributed by atoms with Crippen LogP contribution in [0.1, 0.15) is 30.2 Å². The van der Waals surface area contributed by atoms with Gasteiger partial charge in [-0.3, -0.25) is 5.10 Å². The standard InChI is InChI=1S/C23H27N5/c1-4-13-28(3)16-20-15-23(27-26-20)19-10-7-17(8-11-19)5-6-18-9-12-22(25-2)21(24)14-18/h7-12,14-15,25H,4,13,16,24H2,1-3H3,(H,26,27). The molecule has 0 amide bonds. The highest BCUT2D eigenvalue weighted by molar-refractivity contribution is 5.68. The predicted octanol–water partition coefficient (Wildman–Crippen LogP) is 3.94. The maximum absolute atomic E-state index is 5.99. The van der Waals surface area contributed by atoms with Crippen molar-refractivity contribution in [1.82, 2.24) is 15.1 Å². The second-order valence-corrected chi connectivity index (χ2v) is 6.90. The summed E-state index contributed by atoms with van der Waals surface area (Å²) in [7, 11) is 3.97. The van der Waals surface area contributed by atoms with Gasteiger partial charge in [-0.15, -0.1) is 0 Å². The van der Waals surface area contributed by atoms with Gasteiger partial charge in [0.05, 0.1) is 17.1 Å². The first-order valence-corrected chi connectivity index (χ1v) is 9.51. The van der Waals surface area contributed by atoms with E-state index in [1.807, 2.05) is 37.4 Å². The minimum atomic E-state index is 0.698. The lowest BCUT2D eigenvalue weighted by atomic mass is 10.1. The minimum absolute atomic E-state index is 0.698. The molecule has 0 fully saturated rings. The molecule has 4 N–H and O–H groups in total. The van der Waals surface area contributed by atoms with E-state index in [4.69, 9.17) is 5.73 Å². The summed E-state index contributed by atoms with van der Waals surface area (Å²) in [5.74, 6) is 6.35. The monoisotopic (exact) mass is 373 g/mol. The Bertz CT molecular complexity index is 976. The lowest BCUT2D eigenvalue weighted by molar-refractivity contribution is 0.323. The minimum Gasteiger partial charge on any atom is -0.397 e. The second-order valence-electron chi connectivity index (χ2n) is 6.90. The Morgan fingerprint density at radius 1 is 1.07 bits per heavy atom. The molecule has 0 atom stereocenters. The average Bonchev–Trinajstić information content (AvgIpc) is 3.15. The van der Waals surface area contributed by atoms with Crippen LogP contribution in [0.4, 0.5) is 11.4 Å². The number of hydrogen-bond donors (Lipinski definition) is 3. The molecule has 0 aliphatic rings. The van der Waals surface area contributed by atoms with Gasteiger partial charge in [-0.1, -0.05) is 30.9 Å². The summed E-state index contributed by atoms with van der Waals surface area (Å²) in [6, 6.07) is 16.0. The number of nitrogen functional groups attached to an aromatic ring is 1. The molecule has 0 saturated heterocycles. The van der Waals surface area contributed by atoms with Crippen LogP contribution in [0.5, 0.6) is 0 Å². The van der Waals surface area contributed by atoms with E-state index in [0.29, 0.717) is 5.69 Å². The highest BCUT2D eigenvalue weighted by Gasteiger charge is 2.06. The van der Waals surface area contributed by atoms with E-state index in [9.17, 15) is 0 Å². The molecule has 0 spiro atoms. The molecule has 3 rings (SSSR count). The maximum atomic E-state index is 5.99. The highest BCUT2D eigenvalue weighted by Crippen LogP contribution is 2.20. The van der Waals surface area contributed by atoms with Gasteiger partial charge in [-0.2, -0.15) is 5.10 Å². The smallest absolute Gasteiger partial charge is 0.0924 e. The number of nitrogens with zero attached hydrogens (tertiary/aromatic N) is 2. The zero-order chi connectivity index (χ0) is 19.9. The van der Waals surface area contributed by atoms with Gasteiger partial charge in [0.2, 0.25) is 0 Å². The molecule has 3 aromatic rings. The zero-order valence-corrected chi connectivity index (χ0v) is 16.7. The molecule has 144 valence electrons. The number of nitrogens with two attached hydrogens (primary N) is 1. The van der Waals surface area contributed by atoms with E-state index in [2.05, 4.69) is 64.4 Å². The fourth-order valence-electron chi connectivity index (χ4n) is 3.08. The number of H-pyrrole nitrogens is 1. The van der Waals surface area contributed by atoms with Crippen LogP contribution in [0.3, 0.4) is 0 Å². The molecule has 0 saturated carbocycles. The quantitative estimate of drug-likeness (QED) is 0.452. The van der Waals surface area contributed by atoms with Crippen molar-refractivity contribution in [1.29, 1.82) is 0 Å². The van der Waals surface area contributed by atoms with Crippen molar-refractivity contribution in [3.63, 3.8) is 0 Å². The van der Waals surface area contributed by atoms with Crippen LogP contribution in [0.2, 0.25) is 0 Å². The van der Waals surface area contributed by atoms with Crippen LogP contribution < -0.4 is 11.1 Å². The van der Waals surface area contributed by atoms with Gasteiger partial charge in [-0.05, 0) is 56.4 Å². The maximum Gasteiger partial charge on any atom is 0.0924 e. The number of aromatic amines is 1. The van der Waals surface area contributed by atoms with Gasteiger partial charge in [0.25, 0.3) is 0 Å². The lowest BCUT2D eigenvalue weighted by Gasteiger charge is -2.13. The molecule has 0 radical (unpaired) electrons. The van der Waals surface area contributed by atoms with Gasteiger partial charge in [-0.25, -0.2) is 0 Å². The number of anilines is 2. The SMILES string of the molecule is CCCN(C)Cc1cc(-c2ccc(C#Cc3ccc(NC)c(N)c3)cc2)n[nH]1. The average molecular weight is 374 g/mol. The number of nitrogens with one attached hydrogen (secondary N) is 2. The van der Waals surface area contributed by atoms with Gasteiger partial charge in [0.15, 0.2) is 0 Å². The van der Waals surface area contributed by atoms with Crippen LogP contribution in [-0.2, 0) is 6.54 Å². The van der Waals surface area contributed by atoms with E-state index >= 15 is 0 Å². The number of hydrogen-bond acceptors (Lipinski definition) is 4. The molecule has 1 heterocycles. The van der Waals surface area contributed by atoms with Crippen molar-refractivity contribution in [3.8, 4) is 23.1 Å². The Labute approximate surface area is 167 Å². The fraction of sp³-hybridized carbons (Fsp3) is 0.261. The van der Waals surface area contributed by atoms with Crippen molar-refractivity contribution in [2.45, 2.75) is 19.9 Å². The topological polar surface area (TPSA) is 70.0 Å². The van der Waals surface area contributed by atoms with Crippen molar-refractivity contribution in [2.75, 3.05) is 31.7 Å². The zero-order valence-electron chi connectivity index (χ0n) is 16.7. The molecule has 2 aromatic carbocycles. The van der Waals surface area contributed by atoms with Crippen LogP contribution in [0, 0.1) is 11.8 Å². The van der Waals surface area contributed by atoms with Gasteiger partial charge in [0, 0.05) is 36.0 Å². The first-order valence-electron chi connectivity index (χ1n) is 9.51. The lowest BCUT2D eigenvalue weighted by Crippen LogP contribution is -2.18. The molecule has 0 bridgehead atoms. The van der Waals surface area contributed by atoms with Crippen LogP contribution in [-0.4, -0.2) is 35.7 Å². The van der Waals surface area contributed by atoms with Crippen molar-refractivity contribution in [2.24, 2.45) is 0 Å². The molecule has 5 heteroatoms. The summed E-state index contributed by atoms with van der Waals surface area (Å²) in [5.41, 5.74) is 12.6. The van der Waals surface area contributed by atoms with Gasteiger partial charge in [0.1, 0.15) is 0 Å². The first kappa shape index (κ1) is 19.5. The third kappa shape index (κ3) is 4.93. The summed E-state index contributed by atoms with van der Waals surface area (Å²) >= 11 is 0. The summed E-state index contributed by atoms with van der Waals surface area (Å²) in [6.07, 6.45) is 1.15. The van der Waals surface area contributed by atoms with Crippen molar-refractivity contribution >= 4 is 11.4 Å². The van der Waals surface area contributed by atoms with E-state index in [-0.39, 0.29) is 0 Å². The molecule has 28 heavy (non-hydrogen) atoms. The largest absolute Gasteiger partial charge is 0.397 e. The first-order chi connectivity index (χ1) is 13.6. The summed E-state index contributed by atoms with van der Waals surface area (Å²) in [6.45, 7) is 4.14. The molecule has 1 aromatic heterocycles. The van der Waals surface area contributed by atoms with E-state index in [1.165, 1.54) is 0 Å². The summed E-state index contributed by atoms with van der Waals surface area (Å²) in [5, 5.41) is 10.6. The van der Waals surface area contributed by atoms with Crippen LogP contribution in [0.25, 0.3) is 11.3 Å². The molecule has 5 nitrogen and oxygen atoms in total. The summed E-state index contributed by atoms with van der Waals surface area (Å²) in [4.78, 5) is 2.28. The Hall–Kier alpha value is -3.23. The van der Waals surface area contributed by atoms with E-state index in [0.717, 1.165) is 53.3 Å². The highest BCUT2D eigenvalue weighted by atomic mass is 15.2. The molecule has 0 aliphatic heterocycles. The number of benzene rings is 2. The van der Waals surface area contributed by atoms with Gasteiger partial charge >= 0.3 is 0 Å². The third-order valence-corrected chi connectivity index (χ3v) is 4.53. The molecular weight excluding hydrogens is 346 g/mol. The molecule has 0 unspecified atom stereocenters. The Kier molecular flexibility index (Phi) is 6.36. The fourth-order valence-corrected chi connectivity index (χ4v) is 3.08. The Balaban J connectivity index is 1.69. The van der Waals surface area contributed by atoms with Crippen LogP contribution in [0.15, 0.2) is 48.5 Å². The van der Waals surface area contributed by atoms with Crippen molar-refractivity contribution < 1.29 is 0 Å². The normalized spacial score (nSPS) is 10.6.